The van der Waals surface area contributed by atoms with Gasteiger partial charge in [0.25, 0.3) is 0 Å². The Bertz CT molecular complexity index is 201. The largest absolute Gasteiger partial charge is 0.297 e. The molecule has 0 bridgehead atoms. The van der Waals surface area contributed by atoms with E-state index in [2.05, 4.69) is 35.5 Å². The molecule has 0 fully saturated rings. The van der Waals surface area contributed by atoms with E-state index in [1.54, 1.807) is 0 Å². The normalized spacial score (nSPS) is 36.0. The van der Waals surface area contributed by atoms with Crippen LogP contribution in [0.3, 0.4) is 0 Å². The average molecular weight is 133 g/mol. The Labute approximate surface area is 61.2 Å². The number of hydrogen-bond acceptors (Lipinski definition) is 1. The van der Waals surface area contributed by atoms with E-state index >= 15 is 0 Å². The number of hydrogen-bond donors (Lipinski definition) is 0. The Kier molecular flexibility index (Phi) is 1.42. The van der Waals surface area contributed by atoms with E-state index in [4.69, 9.17) is 0 Å². The molecule has 0 saturated carbocycles. The monoisotopic (exact) mass is 133 g/mol. The standard InChI is InChI=1S/C9H11N/c1-2-4-9-7-10-6-5-8(9)3-1/h1-4,7-9H,5-6H2/t8?,9-/m0/s1. The first-order chi connectivity index (χ1) is 4.97. The molecule has 1 aliphatic heterocycles. The van der Waals surface area contributed by atoms with Gasteiger partial charge in [-0.15, -0.1) is 0 Å². The highest BCUT2D eigenvalue weighted by Gasteiger charge is 2.18. The Hall–Kier alpha value is -0.850. The lowest BCUT2D eigenvalue weighted by Crippen LogP contribution is -2.19. The fourth-order valence-corrected chi connectivity index (χ4v) is 1.54. The summed E-state index contributed by atoms with van der Waals surface area (Å²) in [5.41, 5.74) is 0. The Balaban J connectivity index is 2.21. The van der Waals surface area contributed by atoms with Gasteiger partial charge in [0, 0.05) is 18.7 Å². The van der Waals surface area contributed by atoms with Gasteiger partial charge in [0.2, 0.25) is 0 Å². The Morgan fingerprint density at radius 3 is 3.00 bits per heavy atom. The quantitative estimate of drug-likeness (QED) is 0.478. The summed E-state index contributed by atoms with van der Waals surface area (Å²) in [6.45, 7) is 1.01. The number of allylic oxidation sites excluding steroid dienone is 4. The molecular formula is C9H11N. The molecule has 0 spiro atoms. The van der Waals surface area contributed by atoms with E-state index in [-0.39, 0.29) is 0 Å². The van der Waals surface area contributed by atoms with Gasteiger partial charge in [0.15, 0.2) is 0 Å². The second-order valence-corrected chi connectivity index (χ2v) is 2.85. The summed E-state index contributed by atoms with van der Waals surface area (Å²) in [7, 11) is 0. The molecule has 0 aromatic carbocycles. The van der Waals surface area contributed by atoms with Crippen molar-refractivity contribution in [2.24, 2.45) is 16.8 Å². The van der Waals surface area contributed by atoms with Gasteiger partial charge in [-0.05, 0) is 12.3 Å². The highest BCUT2D eigenvalue weighted by molar-refractivity contribution is 5.65. The maximum Gasteiger partial charge on any atom is 0.0391 e. The molecule has 0 amide bonds. The summed E-state index contributed by atoms with van der Waals surface area (Å²) in [5.74, 6) is 1.33. The predicted octanol–water partition coefficient (Wildman–Crippen LogP) is 1.82. The molecule has 0 radical (unpaired) electrons. The maximum atomic E-state index is 4.25. The minimum Gasteiger partial charge on any atom is -0.297 e. The van der Waals surface area contributed by atoms with Crippen molar-refractivity contribution in [2.75, 3.05) is 6.54 Å². The fourth-order valence-electron chi connectivity index (χ4n) is 1.54. The van der Waals surface area contributed by atoms with E-state index in [1.165, 1.54) is 6.42 Å². The van der Waals surface area contributed by atoms with Crippen LogP contribution in [-0.4, -0.2) is 12.8 Å². The molecule has 0 aromatic rings. The van der Waals surface area contributed by atoms with E-state index in [0.717, 1.165) is 12.5 Å². The van der Waals surface area contributed by atoms with Crippen LogP contribution < -0.4 is 0 Å². The van der Waals surface area contributed by atoms with Gasteiger partial charge in [-0.1, -0.05) is 24.3 Å². The number of fused-ring (bicyclic) bond motifs is 1. The minimum absolute atomic E-state index is 0.596. The zero-order chi connectivity index (χ0) is 6.81. The Morgan fingerprint density at radius 1 is 1.20 bits per heavy atom. The number of aliphatic imine (C=N–C) groups is 1. The highest BCUT2D eigenvalue weighted by atomic mass is 14.7. The first-order valence-corrected chi connectivity index (χ1v) is 3.82. The van der Waals surface area contributed by atoms with E-state index in [1.807, 2.05) is 0 Å². The summed E-state index contributed by atoms with van der Waals surface area (Å²) in [5, 5.41) is 0. The van der Waals surface area contributed by atoms with E-state index in [0.29, 0.717) is 5.92 Å². The van der Waals surface area contributed by atoms with Crippen LogP contribution >= 0.6 is 0 Å². The van der Waals surface area contributed by atoms with Crippen LogP contribution in [0.4, 0.5) is 0 Å². The molecule has 0 saturated heterocycles. The maximum absolute atomic E-state index is 4.25. The third-order valence-corrected chi connectivity index (χ3v) is 2.17. The molecule has 52 valence electrons. The van der Waals surface area contributed by atoms with Gasteiger partial charge in [0.05, 0.1) is 0 Å². The minimum atomic E-state index is 0.596. The predicted molar refractivity (Wildman–Crippen MR) is 43.2 cm³/mol. The first-order valence-electron chi connectivity index (χ1n) is 3.82. The summed E-state index contributed by atoms with van der Waals surface area (Å²) in [6.07, 6.45) is 12.1. The van der Waals surface area contributed by atoms with Gasteiger partial charge in [0.1, 0.15) is 0 Å². The molecule has 1 aliphatic carbocycles. The third-order valence-electron chi connectivity index (χ3n) is 2.17. The third kappa shape index (κ3) is 0.919. The zero-order valence-electron chi connectivity index (χ0n) is 5.90. The lowest BCUT2D eigenvalue weighted by Gasteiger charge is -2.23. The van der Waals surface area contributed by atoms with E-state index < -0.39 is 0 Å². The molecule has 2 rings (SSSR count). The van der Waals surface area contributed by atoms with Crippen LogP contribution in [0.15, 0.2) is 29.3 Å². The molecule has 2 aliphatic rings. The van der Waals surface area contributed by atoms with Crippen LogP contribution in [-0.2, 0) is 0 Å². The molecular weight excluding hydrogens is 122 g/mol. The van der Waals surface area contributed by atoms with Crippen molar-refractivity contribution in [2.45, 2.75) is 6.42 Å². The van der Waals surface area contributed by atoms with Crippen LogP contribution in [0.5, 0.6) is 0 Å². The molecule has 10 heavy (non-hydrogen) atoms. The first kappa shape index (κ1) is 5.90. The molecule has 0 N–H and O–H groups in total. The van der Waals surface area contributed by atoms with Crippen LogP contribution in [0.25, 0.3) is 0 Å². The van der Waals surface area contributed by atoms with Crippen LogP contribution in [0, 0.1) is 11.8 Å². The SMILES string of the molecule is C1=CC2CCN=C[C@@H]2C=C1. The summed E-state index contributed by atoms with van der Waals surface area (Å²) >= 11 is 0. The van der Waals surface area contributed by atoms with Crippen LogP contribution in [0.2, 0.25) is 0 Å². The second-order valence-electron chi connectivity index (χ2n) is 2.85. The summed E-state index contributed by atoms with van der Waals surface area (Å²) in [4.78, 5) is 4.25. The lowest BCUT2D eigenvalue weighted by molar-refractivity contribution is 0.522. The smallest absolute Gasteiger partial charge is 0.0391 e. The van der Waals surface area contributed by atoms with Crippen molar-refractivity contribution >= 4 is 6.21 Å². The molecule has 1 nitrogen and oxygen atoms in total. The molecule has 1 unspecified atom stereocenters. The molecule has 1 heterocycles. The molecule has 1 heteroatoms. The average Bonchev–Trinajstić information content (AvgIpc) is 2.05. The topological polar surface area (TPSA) is 12.4 Å². The van der Waals surface area contributed by atoms with Crippen molar-refractivity contribution in [3.63, 3.8) is 0 Å². The van der Waals surface area contributed by atoms with Crippen molar-refractivity contribution in [3.8, 4) is 0 Å². The lowest BCUT2D eigenvalue weighted by atomic mass is 9.85. The number of nitrogens with zero attached hydrogens (tertiary/aromatic N) is 1. The summed E-state index contributed by atoms with van der Waals surface area (Å²) < 4.78 is 0. The van der Waals surface area contributed by atoms with Gasteiger partial charge in [-0.3, -0.25) is 4.99 Å². The zero-order valence-corrected chi connectivity index (χ0v) is 5.90. The second kappa shape index (κ2) is 2.41. The number of rotatable bonds is 0. The van der Waals surface area contributed by atoms with E-state index in [9.17, 15) is 0 Å². The highest BCUT2D eigenvalue weighted by Crippen LogP contribution is 2.23. The molecule has 2 atom stereocenters. The molecule has 0 aromatic heterocycles. The van der Waals surface area contributed by atoms with Crippen LogP contribution in [0.1, 0.15) is 6.42 Å². The van der Waals surface area contributed by atoms with Gasteiger partial charge < -0.3 is 0 Å². The summed E-state index contributed by atoms with van der Waals surface area (Å²) in [6, 6.07) is 0. The van der Waals surface area contributed by atoms with Crippen molar-refractivity contribution < 1.29 is 0 Å². The van der Waals surface area contributed by atoms with Gasteiger partial charge in [-0.25, -0.2) is 0 Å². The van der Waals surface area contributed by atoms with Gasteiger partial charge >= 0.3 is 0 Å². The van der Waals surface area contributed by atoms with Crippen molar-refractivity contribution in [3.05, 3.63) is 24.3 Å². The Morgan fingerprint density at radius 2 is 2.10 bits per heavy atom. The fraction of sp³-hybridized carbons (Fsp3) is 0.444. The van der Waals surface area contributed by atoms with Gasteiger partial charge in [-0.2, -0.15) is 0 Å². The van der Waals surface area contributed by atoms with Crippen molar-refractivity contribution in [1.29, 1.82) is 0 Å². The van der Waals surface area contributed by atoms with Crippen molar-refractivity contribution in [1.82, 2.24) is 0 Å².